The third-order valence-corrected chi connectivity index (χ3v) is 6.13. The Morgan fingerprint density at radius 2 is 1.96 bits per heavy atom. The average Bonchev–Trinajstić information content (AvgIpc) is 3.45. The van der Waals surface area contributed by atoms with Crippen molar-refractivity contribution in [1.29, 1.82) is 0 Å². The summed E-state index contributed by atoms with van der Waals surface area (Å²) in [5, 5.41) is 6.39. The fraction of sp³-hybridized carbons (Fsp3) is 0.611. The van der Waals surface area contributed by atoms with E-state index in [1.165, 1.54) is 31.2 Å². The van der Waals surface area contributed by atoms with Crippen molar-refractivity contribution in [2.75, 3.05) is 40.9 Å². The molecule has 0 bridgehead atoms. The number of nitrogens with zero attached hydrogens (tertiary/aromatic N) is 2. The number of hydrogen-bond donors (Lipinski definition) is 2. The van der Waals surface area contributed by atoms with E-state index in [0.717, 1.165) is 32.1 Å². The van der Waals surface area contributed by atoms with Gasteiger partial charge < -0.3 is 15.4 Å². The molecule has 154 valence electrons. The lowest BCUT2D eigenvalue weighted by atomic mass is 10.2. The minimum atomic E-state index is -3.47. The quantitative estimate of drug-likeness (QED) is 0.218. The summed E-state index contributed by atoms with van der Waals surface area (Å²) in [6.07, 6.45) is 3.51. The largest absolute Gasteiger partial charge is 0.381 e. The highest BCUT2D eigenvalue weighted by Gasteiger charge is 2.21. The highest BCUT2D eigenvalue weighted by atomic mass is 127. The van der Waals surface area contributed by atoms with Gasteiger partial charge in [-0.05, 0) is 36.8 Å². The summed E-state index contributed by atoms with van der Waals surface area (Å²) in [6.45, 7) is 2.75. The van der Waals surface area contributed by atoms with Gasteiger partial charge in [-0.2, -0.15) is 0 Å². The van der Waals surface area contributed by atoms with Crippen LogP contribution in [-0.4, -0.2) is 59.6 Å². The van der Waals surface area contributed by atoms with Crippen LogP contribution in [0.15, 0.2) is 34.2 Å². The Bertz CT molecular complexity index is 706. The molecule has 2 rings (SSSR count). The van der Waals surface area contributed by atoms with Crippen molar-refractivity contribution in [3.05, 3.63) is 29.8 Å². The Labute approximate surface area is 180 Å². The van der Waals surface area contributed by atoms with Crippen LogP contribution in [0.25, 0.3) is 0 Å². The second-order valence-electron chi connectivity index (χ2n) is 6.62. The average molecular weight is 510 g/mol. The maximum Gasteiger partial charge on any atom is 0.242 e. The molecular weight excluding hydrogens is 479 g/mol. The van der Waals surface area contributed by atoms with Crippen LogP contribution in [0.4, 0.5) is 0 Å². The molecule has 0 saturated heterocycles. The molecule has 0 unspecified atom stereocenters. The molecular formula is C18H31IN4O3S. The molecule has 0 spiro atoms. The zero-order valence-corrected chi connectivity index (χ0v) is 19.4. The highest BCUT2D eigenvalue weighted by molar-refractivity contribution is 14.0. The van der Waals surface area contributed by atoms with Gasteiger partial charge in [-0.25, -0.2) is 12.7 Å². The molecule has 7 nitrogen and oxygen atoms in total. The number of guanidine groups is 1. The van der Waals surface area contributed by atoms with E-state index in [2.05, 4.69) is 15.6 Å². The van der Waals surface area contributed by atoms with Gasteiger partial charge in [0, 0.05) is 47.4 Å². The van der Waals surface area contributed by atoms with Crippen molar-refractivity contribution in [2.24, 2.45) is 10.9 Å². The van der Waals surface area contributed by atoms with Crippen molar-refractivity contribution < 1.29 is 13.2 Å². The summed E-state index contributed by atoms with van der Waals surface area (Å²) in [5.74, 6) is 1.43. The van der Waals surface area contributed by atoms with Gasteiger partial charge in [-0.15, -0.1) is 24.0 Å². The number of benzene rings is 1. The van der Waals surface area contributed by atoms with Crippen molar-refractivity contribution >= 4 is 40.0 Å². The minimum absolute atomic E-state index is 0. The Morgan fingerprint density at radius 3 is 2.59 bits per heavy atom. The summed E-state index contributed by atoms with van der Waals surface area (Å²) >= 11 is 0. The lowest BCUT2D eigenvalue weighted by molar-refractivity contribution is 0.123. The Hall–Kier alpha value is -0.910. The van der Waals surface area contributed by atoms with Crippen molar-refractivity contribution in [2.45, 2.75) is 30.7 Å². The van der Waals surface area contributed by atoms with E-state index < -0.39 is 10.0 Å². The first kappa shape index (κ1) is 24.1. The Balaban J connectivity index is 0.00000364. The molecule has 1 fully saturated rings. The van der Waals surface area contributed by atoms with Crippen LogP contribution in [0.3, 0.4) is 0 Å². The molecule has 0 heterocycles. The number of rotatable bonds is 10. The number of sulfonamides is 1. The number of aliphatic imine (C=N–C) groups is 1. The second-order valence-corrected chi connectivity index (χ2v) is 8.74. The predicted molar refractivity (Wildman–Crippen MR) is 119 cm³/mol. The normalized spacial score (nSPS) is 14.7. The van der Waals surface area contributed by atoms with Crippen LogP contribution in [0.2, 0.25) is 0 Å². The molecule has 1 aromatic carbocycles. The van der Waals surface area contributed by atoms with Crippen molar-refractivity contribution in [3.63, 3.8) is 0 Å². The van der Waals surface area contributed by atoms with E-state index in [1.807, 2.05) is 12.1 Å². The lowest BCUT2D eigenvalue weighted by Gasteiger charge is -2.17. The first-order chi connectivity index (χ1) is 12.4. The van der Waals surface area contributed by atoms with Gasteiger partial charge in [0.15, 0.2) is 5.96 Å². The number of hydrogen-bond acceptors (Lipinski definition) is 4. The van der Waals surface area contributed by atoms with E-state index in [4.69, 9.17) is 4.74 Å². The smallest absolute Gasteiger partial charge is 0.242 e. The van der Waals surface area contributed by atoms with Crippen LogP contribution in [0.1, 0.15) is 24.8 Å². The van der Waals surface area contributed by atoms with E-state index in [9.17, 15) is 8.42 Å². The Kier molecular flexibility index (Phi) is 10.6. The monoisotopic (exact) mass is 510 g/mol. The van der Waals surface area contributed by atoms with E-state index >= 15 is 0 Å². The number of ether oxygens (including phenoxy) is 1. The molecule has 1 saturated carbocycles. The zero-order valence-electron chi connectivity index (χ0n) is 16.3. The van der Waals surface area contributed by atoms with Crippen LogP contribution in [0.5, 0.6) is 0 Å². The molecule has 1 aromatic rings. The zero-order chi connectivity index (χ0) is 19.0. The second kappa shape index (κ2) is 11.8. The van der Waals surface area contributed by atoms with Crippen LogP contribution in [0, 0.1) is 5.92 Å². The Morgan fingerprint density at radius 1 is 1.26 bits per heavy atom. The molecule has 9 heteroatoms. The molecule has 0 aromatic heterocycles. The first-order valence-corrected chi connectivity index (χ1v) is 10.4. The van der Waals surface area contributed by atoms with Gasteiger partial charge in [-0.1, -0.05) is 18.2 Å². The fourth-order valence-electron chi connectivity index (χ4n) is 2.41. The molecule has 0 aliphatic heterocycles. The summed E-state index contributed by atoms with van der Waals surface area (Å²) in [7, 11) is 1.29. The molecule has 0 atom stereocenters. The highest BCUT2D eigenvalue weighted by Crippen LogP contribution is 2.28. The molecule has 0 radical (unpaired) electrons. The van der Waals surface area contributed by atoms with Crippen LogP contribution < -0.4 is 10.6 Å². The molecule has 27 heavy (non-hydrogen) atoms. The van der Waals surface area contributed by atoms with Gasteiger partial charge in [0.05, 0.1) is 4.90 Å². The van der Waals surface area contributed by atoms with Crippen molar-refractivity contribution in [1.82, 2.24) is 14.9 Å². The van der Waals surface area contributed by atoms with E-state index in [-0.39, 0.29) is 24.0 Å². The SMILES string of the molecule is CN=C(NCCCOCC1CC1)NCc1ccccc1S(=O)(=O)N(C)C.I. The van der Waals surface area contributed by atoms with Gasteiger partial charge >= 0.3 is 0 Å². The van der Waals surface area contributed by atoms with Gasteiger partial charge in [0.25, 0.3) is 0 Å². The third-order valence-electron chi connectivity index (χ3n) is 4.21. The van der Waals surface area contributed by atoms with Gasteiger partial charge in [0.1, 0.15) is 0 Å². The van der Waals surface area contributed by atoms with Gasteiger partial charge in [-0.3, -0.25) is 4.99 Å². The maximum atomic E-state index is 12.4. The van der Waals surface area contributed by atoms with E-state index in [1.54, 1.807) is 19.2 Å². The topological polar surface area (TPSA) is 83.0 Å². The third kappa shape index (κ3) is 7.92. The fourth-order valence-corrected chi connectivity index (χ4v) is 3.53. The van der Waals surface area contributed by atoms with E-state index in [0.29, 0.717) is 23.0 Å². The summed E-state index contributed by atoms with van der Waals surface area (Å²) < 4.78 is 31.7. The molecule has 2 N–H and O–H groups in total. The summed E-state index contributed by atoms with van der Waals surface area (Å²) in [6, 6.07) is 7.00. The van der Waals surface area contributed by atoms with Crippen molar-refractivity contribution in [3.8, 4) is 0 Å². The number of nitrogens with one attached hydrogen (secondary N) is 2. The maximum absolute atomic E-state index is 12.4. The molecule has 1 aliphatic rings. The van der Waals surface area contributed by atoms with Crippen LogP contribution >= 0.6 is 24.0 Å². The first-order valence-electron chi connectivity index (χ1n) is 8.98. The molecule has 0 amide bonds. The standard InChI is InChI=1S/C18H30N4O3S.HI/c1-19-18(20-11-6-12-25-14-15-9-10-15)21-13-16-7-4-5-8-17(16)26(23,24)22(2)3;/h4-5,7-8,15H,6,9-14H2,1-3H3,(H2,19,20,21);1H. The molecule has 1 aliphatic carbocycles. The van der Waals surface area contributed by atoms with Crippen LogP contribution in [-0.2, 0) is 21.3 Å². The minimum Gasteiger partial charge on any atom is -0.381 e. The van der Waals surface area contributed by atoms with Gasteiger partial charge in [0.2, 0.25) is 10.0 Å². The predicted octanol–water partition coefficient (Wildman–Crippen LogP) is 2.04. The lowest BCUT2D eigenvalue weighted by Crippen LogP contribution is -2.38. The summed E-state index contributed by atoms with van der Waals surface area (Å²) in [5.41, 5.74) is 0.705. The number of halogens is 1. The summed E-state index contributed by atoms with van der Waals surface area (Å²) in [4.78, 5) is 4.49.